The molecule has 0 unspecified atom stereocenters. The maximum absolute atomic E-state index is 17.0. The zero-order valence-corrected chi connectivity index (χ0v) is 27.4. The Hall–Kier alpha value is -4.15. The van der Waals surface area contributed by atoms with Gasteiger partial charge in [0, 0.05) is 35.1 Å². The first-order valence-corrected chi connectivity index (χ1v) is 17.0. The quantitative estimate of drug-likeness (QED) is 0.277. The van der Waals surface area contributed by atoms with E-state index < -0.39 is 17.2 Å². The van der Waals surface area contributed by atoms with E-state index in [0.29, 0.717) is 48.4 Å². The summed E-state index contributed by atoms with van der Waals surface area (Å²) in [6, 6.07) is 6.28. The van der Waals surface area contributed by atoms with Crippen LogP contribution in [0.3, 0.4) is 0 Å². The molecule has 49 heavy (non-hydrogen) atoms. The highest BCUT2D eigenvalue weighted by Gasteiger charge is 2.51. The summed E-state index contributed by atoms with van der Waals surface area (Å²) in [6.45, 7) is 5.65. The van der Waals surface area contributed by atoms with Crippen molar-refractivity contribution in [3.8, 4) is 35.4 Å². The number of pyridine rings is 1. The number of ether oxygens (including phenoxy) is 3. The summed E-state index contributed by atoms with van der Waals surface area (Å²) in [4.78, 5) is 18.4. The second-order valence-corrected chi connectivity index (χ2v) is 14.2. The van der Waals surface area contributed by atoms with Crippen molar-refractivity contribution in [2.45, 2.75) is 56.7 Å². The number of anilines is 1. The Morgan fingerprint density at radius 2 is 1.96 bits per heavy atom. The standard InChI is InChI=1S/C37H39F2N5O5/c1-3-25-28(38)8-7-22-14-24(45)15-26(30(22)25)32-31(39)33-27(16-40-32)34(43-12-13-47-20-36(2,46)19-43)42-35(41-33)49-21-37-9-4-6-29(37)44(11-5-10-37)23-17-48-18-23/h1,7-8,14-16,23,29,45-46H,4-6,9-13,17-21H2,2H3/t29-,36+,37-/m1/s1. The van der Waals surface area contributed by atoms with Gasteiger partial charge in [0.1, 0.15) is 34.2 Å². The van der Waals surface area contributed by atoms with Crippen LogP contribution in [0.25, 0.3) is 32.9 Å². The SMILES string of the molecule is C#Cc1c(F)ccc2cc(O)cc(-c3ncc4c(N5CCOC[C@@](C)(O)C5)nc(OC[C@]56CCC[C@H]5N(C5COC5)CCC6)nc4c3F)c12. The lowest BCUT2D eigenvalue weighted by Crippen LogP contribution is -2.60. The fourth-order valence-corrected chi connectivity index (χ4v) is 8.45. The highest BCUT2D eigenvalue weighted by Crippen LogP contribution is 2.49. The predicted molar refractivity (Wildman–Crippen MR) is 180 cm³/mol. The number of likely N-dealkylation sites (tertiary alicyclic amines) is 1. The van der Waals surface area contributed by atoms with Gasteiger partial charge in [-0.2, -0.15) is 9.97 Å². The number of aromatic nitrogens is 3. The molecule has 4 aromatic rings. The molecule has 256 valence electrons. The van der Waals surface area contributed by atoms with Gasteiger partial charge in [0.25, 0.3) is 0 Å². The minimum Gasteiger partial charge on any atom is -0.508 e. The van der Waals surface area contributed by atoms with Gasteiger partial charge in [-0.1, -0.05) is 18.4 Å². The van der Waals surface area contributed by atoms with Crippen molar-refractivity contribution in [3.63, 3.8) is 0 Å². The molecule has 1 saturated carbocycles. The first kappa shape index (κ1) is 32.1. The Morgan fingerprint density at radius 3 is 2.76 bits per heavy atom. The molecule has 0 amide bonds. The Labute approximate surface area is 283 Å². The average molecular weight is 672 g/mol. The van der Waals surface area contributed by atoms with Gasteiger partial charge in [0.2, 0.25) is 0 Å². The number of nitrogens with zero attached hydrogens (tertiary/aromatic N) is 5. The number of piperidine rings is 1. The number of fused-ring (bicyclic) bond motifs is 3. The molecule has 10 nitrogen and oxygen atoms in total. The Morgan fingerprint density at radius 1 is 1.12 bits per heavy atom. The molecule has 2 aromatic carbocycles. The highest BCUT2D eigenvalue weighted by atomic mass is 19.1. The monoisotopic (exact) mass is 671 g/mol. The van der Waals surface area contributed by atoms with Crippen LogP contribution in [0, 0.1) is 29.4 Å². The number of terminal acetylenes is 1. The molecule has 0 radical (unpaired) electrons. The fourth-order valence-electron chi connectivity index (χ4n) is 8.45. The summed E-state index contributed by atoms with van der Waals surface area (Å²) in [7, 11) is 0. The van der Waals surface area contributed by atoms with Crippen LogP contribution in [0.2, 0.25) is 0 Å². The molecule has 12 heteroatoms. The van der Waals surface area contributed by atoms with Gasteiger partial charge in [-0.15, -0.1) is 6.42 Å². The second kappa shape index (κ2) is 12.3. The number of benzene rings is 2. The normalized spacial score (nSPS) is 26.3. The van der Waals surface area contributed by atoms with E-state index in [9.17, 15) is 14.6 Å². The topological polar surface area (TPSA) is 113 Å². The maximum Gasteiger partial charge on any atom is 0.319 e. The molecule has 3 saturated heterocycles. The highest BCUT2D eigenvalue weighted by molar-refractivity contribution is 6.03. The van der Waals surface area contributed by atoms with Crippen LogP contribution in [-0.4, -0.2) is 100 Å². The van der Waals surface area contributed by atoms with Crippen LogP contribution in [0.15, 0.2) is 30.5 Å². The first-order valence-electron chi connectivity index (χ1n) is 17.0. The van der Waals surface area contributed by atoms with Gasteiger partial charge in [-0.3, -0.25) is 9.88 Å². The number of phenolic OH excluding ortho intramolecular Hbond substituents is 1. The number of hydrogen-bond acceptors (Lipinski definition) is 10. The molecule has 4 fully saturated rings. The Bertz CT molecular complexity index is 1980. The lowest BCUT2D eigenvalue weighted by Gasteiger charge is -2.51. The zero-order chi connectivity index (χ0) is 33.9. The minimum atomic E-state index is -1.19. The Balaban J connectivity index is 1.25. The number of hydrogen-bond donors (Lipinski definition) is 2. The Kier molecular flexibility index (Phi) is 8.06. The molecule has 2 N–H and O–H groups in total. The third kappa shape index (κ3) is 5.62. The fraction of sp³-hybridized carbons (Fsp3) is 0.486. The van der Waals surface area contributed by atoms with Crippen LogP contribution in [0.4, 0.5) is 14.6 Å². The zero-order valence-electron chi connectivity index (χ0n) is 27.4. The van der Waals surface area contributed by atoms with E-state index in [0.717, 1.165) is 51.9 Å². The van der Waals surface area contributed by atoms with Crippen molar-refractivity contribution < 1.29 is 33.2 Å². The molecule has 1 aliphatic carbocycles. The number of phenols is 1. The molecule has 5 heterocycles. The summed E-state index contributed by atoms with van der Waals surface area (Å²) < 4.78 is 49.5. The number of rotatable bonds is 6. The van der Waals surface area contributed by atoms with E-state index in [4.69, 9.17) is 25.6 Å². The van der Waals surface area contributed by atoms with Gasteiger partial charge in [0.15, 0.2) is 5.82 Å². The third-order valence-corrected chi connectivity index (χ3v) is 10.8. The summed E-state index contributed by atoms with van der Waals surface area (Å²) in [5, 5.41) is 22.6. The second-order valence-electron chi connectivity index (χ2n) is 14.2. The van der Waals surface area contributed by atoms with Crippen LogP contribution in [-0.2, 0) is 9.47 Å². The van der Waals surface area contributed by atoms with Crippen LogP contribution < -0.4 is 9.64 Å². The van der Waals surface area contributed by atoms with Crippen molar-refractivity contribution in [2.24, 2.45) is 5.41 Å². The summed E-state index contributed by atoms with van der Waals surface area (Å²) in [6.07, 6.45) is 12.5. The van der Waals surface area contributed by atoms with E-state index in [1.807, 2.05) is 4.90 Å². The molecule has 0 spiro atoms. The molecule has 3 aliphatic heterocycles. The molecule has 4 aliphatic rings. The smallest absolute Gasteiger partial charge is 0.319 e. The van der Waals surface area contributed by atoms with Crippen molar-refractivity contribution in [3.05, 3.63) is 47.7 Å². The minimum absolute atomic E-state index is 0.0172. The van der Waals surface area contributed by atoms with Gasteiger partial charge in [0.05, 0.1) is 56.6 Å². The van der Waals surface area contributed by atoms with Gasteiger partial charge in [-0.05, 0) is 62.7 Å². The van der Waals surface area contributed by atoms with Crippen LogP contribution in [0.5, 0.6) is 11.8 Å². The largest absolute Gasteiger partial charge is 0.508 e. The van der Waals surface area contributed by atoms with Crippen molar-refractivity contribution in [1.82, 2.24) is 19.9 Å². The van der Waals surface area contributed by atoms with Crippen molar-refractivity contribution in [2.75, 3.05) is 57.6 Å². The van der Waals surface area contributed by atoms with Crippen molar-refractivity contribution in [1.29, 1.82) is 0 Å². The van der Waals surface area contributed by atoms with E-state index >= 15 is 4.39 Å². The third-order valence-electron chi connectivity index (χ3n) is 10.8. The molecular weight excluding hydrogens is 632 g/mol. The summed E-state index contributed by atoms with van der Waals surface area (Å²) in [5.74, 6) is 1.14. The maximum atomic E-state index is 17.0. The molecular formula is C37H39F2N5O5. The van der Waals surface area contributed by atoms with Crippen molar-refractivity contribution >= 4 is 27.5 Å². The molecule has 8 rings (SSSR count). The van der Waals surface area contributed by atoms with Crippen LogP contribution in [0.1, 0.15) is 44.6 Å². The first-order chi connectivity index (χ1) is 23.7. The summed E-state index contributed by atoms with van der Waals surface area (Å²) in [5.41, 5.74) is -1.41. The lowest BCUT2D eigenvalue weighted by atomic mass is 9.75. The van der Waals surface area contributed by atoms with Gasteiger partial charge in [-0.25, -0.2) is 8.78 Å². The van der Waals surface area contributed by atoms with Crippen LogP contribution >= 0.6 is 0 Å². The summed E-state index contributed by atoms with van der Waals surface area (Å²) >= 11 is 0. The predicted octanol–water partition coefficient (Wildman–Crippen LogP) is 4.81. The van der Waals surface area contributed by atoms with Gasteiger partial charge < -0.3 is 29.3 Å². The number of aromatic hydroxyl groups is 1. The lowest BCUT2D eigenvalue weighted by molar-refractivity contribution is -0.115. The van der Waals surface area contributed by atoms with E-state index in [-0.39, 0.29) is 58.1 Å². The van der Waals surface area contributed by atoms with E-state index in [2.05, 4.69) is 20.8 Å². The van der Waals surface area contributed by atoms with Gasteiger partial charge >= 0.3 is 6.01 Å². The molecule has 0 bridgehead atoms. The number of aliphatic hydroxyl groups is 1. The van der Waals surface area contributed by atoms with E-state index in [1.54, 1.807) is 6.92 Å². The molecule has 2 aromatic heterocycles. The van der Waals surface area contributed by atoms with E-state index in [1.165, 1.54) is 30.5 Å². The molecule has 3 atom stereocenters. The number of halogens is 2. The number of β-amino-alcohol motifs (C(OH)–C–C–N with tert-alkyl or cyclic N) is 1. The average Bonchev–Trinajstić information content (AvgIpc) is 3.41.